The second-order valence-electron chi connectivity index (χ2n) is 3.80. The third kappa shape index (κ3) is 9.28. The van der Waals surface area contributed by atoms with Crippen molar-refractivity contribution in [1.82, 2.24) is 0 Å². The van der Waals surface area contributed by atoms with Crippen molar-refractivity contribution in [3.8, 4) is 11.8 Å². The molecule has 0 fully saturated rings. The summed E-state index contributed by atoms with van der Waals surface area (Å²) in [5, 5.41) is 0. The van der Waals surface area contributed by atoms with Crippen LogP contribution in [0.5, 0.6) is 0 Å². The second kappa shape index (κ2) is 9.52. The molecule has 0 radical (unpaired) electrons. The van der Waals surface area contributed by atoms with Gasteiger partial charge in [-0.1, -0.05) is 31.8 Å². The summed E-state index contributed by atoms with van der Waals surface area (Å²) in [5.41, 5.74) is 0. The van der Waals surface area contributed by atoms with E-state index in [9.17, 15) is 4.79 Å². The van der Waals surface area contributed by atoms with Crippen LogP contribution in [0.1, 0.15) is 52.9 Å². The van der Waals surface area contributed by atoms with E-state index >= 15 is 0 Å². The number of rotatable bonds is 6. The van der Waals surface area contributed by atoms with Crippen molar-refractivity contribution < 1.29 is 4.79 Å². The number of hydrogen-bond donors (Lipinski definition) is 0. The molecule has 1 nitrogen and oxygen atoms in total. The summed E-state index contributed by atoms with van der Waals surface area (Å²) >= 11 is 0. The Balaban J connectivity index is 3.85. The van der Waals surface area contributed by atoms with Gasteiger partial charge in [-0.3, -0.25) is 0 Å². The van der Waals surface area contributed by atoms with E-state index in [-0.39, 0.29) is 5.78 Å². The Morgan fingerprint density at radius 3 is 2.67 bits per heavy atom. The summed E-state index contributed by atoms with van der Waals surface area (Å²) < 4.78 is 0. The highest BCUT2D eigenvalue weighted by atomic mass is 16.1. The van der Waals surface area contributed by atoms with Gasteiger partial charge in [-0.05, 0) is 38.7 Å². The lowest BCUT2D eigenvalue weighted by atomic mass is 9.99. The van der Waals surface area contributed by atoms with E-state index in [0.29, 0.717) is 12.3 Å². The molecule has 84 valence electrons. The quantitative estimate of drug-likeness (QED) is 0.605. The molecule has 0 aliphatic carbocycles. The van der Waals surface area contributed by atoms with Gasteiger partial charge in [0, 0.05) is 12.3 Å². The van der Waals surface area contributed by atoms with Gasteiger partial charge >= 0.3 is 0 Å². The highest BCUT2D eigenvalue weighted by molar-refractivity contribution is 5.75. The molecule has 0 aromatic heterocycles. The third-order valence-corrected chi connectivity index (χ3v) is 2.30. The summed E-state index contributed by atoms with van der Waals surface area (Å²) in [7, 11) is 0. The summed E-state index contributed by atoms with van der Waals surface area (Å²) in [6.07, 6.45) is 8.82. The number of allylic oxidation sites excluding steroid dienone is 2. The fourth-order valence-corrected chi connectivity index (χ4v) is 1.32. The standard InChI is InChI=1S/C14H22O/c1-4-6-7-8-11-14(5-2)12-9-10-13(3)15/h6-7,14H,4-5,9-10,12H2,1-3H3. The van der Waals surface area contributed by atoms with Crippen LogP contribution in [0.25, 0.3) is 0 Å². The summed E-state index contributed by atoms with van der Waals surface area (Å²) in [5.74, 6) is 7.02. The highest BCUT2D eigenvalue weighted by Crippen LogP contribution is 2.11. The molecule has 15 heavy (non-hydrogen) atoms. The Morgan fingerprint density at radius 1 is 1.40 bits per heavy atom. The Hall–Kier alpha value is -1.03. The maximum atomic E-state index is 10.8. The SMILES string of the molecule is CCC=CC#CC(CC)CCCC(C)=O. The fourth-order valence-electron chi connectivity index (χ4n) is 1.32. The minimum Gasteiger partial charge on any atom is -0.300 e. The first kappa shape index (κ1) is 14.0. The molecule has 0 aliphatic heterocycles. The zero-order valence-corrected chi connectivity index (χ0v) is 10.2. The van der Waals surface area contributed by atoms with Gasteiger partial charge in [0.15, 0.2) is 0 Å². The fraction of sp³-hybridized carbons (Fsp3) is 0.643. The molecule has 0 saturated heterocycles. The van der Waals surface area contributed by atoms with E-state index in [1.165, 1.54) is 0 Å². The van der Waals surface area contributed by atoms with E-state index in [0.717, 1.165) is 25.7 Å². The Kier molecular flexibility index (Phi) is 8.87. The van der Waals surface area contributed by atoms with E-state index in [4.69, 9.17) is 0 Å². The molecule has 0 amide bonds. The highest BCUT2D eigenvalue weighted by Gasteiger charge is 2.02. The molecule has 0 bridgehead atoms. The Morgan fingerprint density at radius 2 is 2.13 bits per heavy atom. The predicted molar refractivity (Wildman–Crippen MR) is 65.5 cm³/mol. The van der Waals surface area contributed by atoms with Crippen molar-refractivity contribution >= 4 is 5.78 Å². The third-order valence-electron chi connectivity index (χ3n) is 2.30. The number of ketones is 1. The van der Waals surface area contributed by atoms with E-state index in [1.807, 2.05) is 6.08 Å². The van der Waals surface area contributed by atoms with Crippen LogP contribution in [0.3, 0.4) is 0 Å². The average molecular weight is 206 g/mol. The van der Waals surface area contributed by atoms with Crippen LogP contribution in [-0.4, -0.2) is 5.78 Å². The van der Waals surface area contributed by atoms with Crippen LogP contribution in [0.15, 0.2) is 12.2 Å². The lowest BCUT2D eigenvalue weighted by molar-refractivity contribution is -0.117. The predicted octanol–water partition coefficient (Wildman–Crippen LogP) is 3.74. The van der Waals surface area contributed by atoms with E-state index < -0.39 is 0 Å². The molecular weight excluding hydrogens is 184 g/mol. The minimum absolute atomic E-state index is 0.281. The number of carbonyl (C=O) groups excluding carboxylic acids is 1. The first-order valence-electron chi connectivity index (χ1n) is 5.86. The van der Waals surface area contributed by atoms with Crippen molar-refractivity contribution in [2.24, 2.45) is 5.92 Å². The van der Waals surface area contributed by atoms with Crippen molar-refractivity contribution in [3.63, 3.8) is 0 Å². The first-order chi connectivity index (χ1) is 7.20. The van der Waals surface area contributed by atoms with Crippen LogP contribution >= 0.6 is 0 Å². The molecule has 1 atom stereocenters. The van der Waals surface area contributed by atoms with Crippen LogP contribution in [0, 0.1) is 17.8 Å². The smallest absolute Gasteiger partial charge is 0.129 e. The summed E-state index contributed by atoms with van der Waals surface area (Å²) in [6, 6.07) is 0. The van der Waals surface area contributed by atoms with Crippen molar-refractivity contribution in [3.05, 3.63) is 12.2 Å². The topological polar surface area (TPSA) is 17.1 Å². The zero-order valence-electron chi connectivity index (χ0n) is 10.2. The Labute approximate surface area is 94.0 Å². The number of Topliss-reactive ketones (excluding diaryl/α,β-unsaturated/α-hetero) is 1. The number of hydrogen-bond acceptors (Lipinski definition) is 1. The lowest BCUT2D eigenvalue weighted by Gasteiger charge is -2.05. The van der Waals surface area contributed by atoms with Crippen molar-refractivity contribution in [2.45, 2.75) is 52.9 Å². The lowest BCUT2D eigenvalue weighted by Crippen LogP contribution is -1.97. The van der Waals surface area contributed by atoms with Gasteiger partial charge in [0.25, 0.3) is 0 Å². The monoisotopic (exact) mass is 206 g/mol. The van der Waals surface area contributed by atoms with Gasteiger partial charge in [-0.25, -0.2) is 0 Å². The van der Waals surface area contributed by atoms with Gasteiger partial charge in [0.1, 0.15) is 5.78 Å². The molecule has 0 aromatic carbocycles. The molecule has 0 spiro atoms. The molecule has 1 heteroatoms. The van der Waals surface area contributed by atoms with Gasteiger partial charge < -0.3 is 4.79 Å². The van der Waals surface area contributed by atoms with E-state index in [1.54, 1.807) is 6.92 Å². The van der Waals surface area contributed by atoms with Gasteiger partial charge in [0.2, 0.25) is 0 Å². The van der Waals surface area contributed by atoms with Crippen molar-refractivity contribution in [1.29, 1.82) is 0 Å². The van der Waals surface area contributed by atoms with Crippen molar-refractivity contribution in [2.75, 3.05) is 0 Å². The minimum atomic E-state index is 0.281. The molecule has 0 aromatic rings. The van der Waals surface area contributed by atoms with Gasteiger partial charge in [-0.2, -0.15) is 0 Å². The Bertz CT molecular complexity index is 252. The molecule has 0 rings (SSSR count). The molecule has 0 heterocycles. The zero-order chi connectivity index (χ0) is 11.5. The molecule has 1 unspecified atom stereocenters. The van der Waals surface area contributed by atoms with Crippen LogP contribution < -0.4 is 0 Å². The molecule has 0 aliphatic rings. The molecular formula is C14H22O. The normalized spacial score (nSPS) is 12.2. The largest absolute Gasteiger partial charge is 0.300 e. The summed E-state index contributed by atoms with van der Waals surface area (Å²) in [6.45, 7) is 5.90. The second-order valence-corrected chi connectivity index (χ2v) is 3.80. The maximum absolute atomic E-state index is 10.8. The first-order valence-corrected chi connectivity index (χ1v) is 5.86. The number of carbonyl (C=O) groups is 1. The molecule has 0 N–H and O–H groups in total. The van der Waals surface area contributed by atoms with Crippen LogP contribution in [0.4, 0.5) is 0 Å². The average Bonchev–Trinajstić information content (AvgIpc) is 2.21. The molecule has 0 saturated carbocycles. The van der Waals surface area contributed by atoms with Gasteiger partial charge in [-0.15, -0.1) is 0 Å². The van der Waals surface area contributed by atoms with Crippen LogP contribution in [-0.2, 0) is 4.79 Å². The van der Waals surface area contributed by atoms with E-state index in [2.05, 4.69) is 31.8 Å². The van der Waals surface area contributed by atoms with Crippen LogP contribution in [0.2, 0.25) is 0 Å². The maximum Gasteiger partial charge on any atom is 0.129 e. The summed E-state index contributed by atoms with van der Waals surface area (Å²) in [4.78, 5) is 10.8. The van der Waals surface area contributed by atoms with Gasteiger partial charge in [0.05, 0.1) is 0 Å².